The number of hydrogen-bond donors (Lipinski definition) is 6. The van der Waals surface area contributed by atoms with Gasteiger partial charge in [0.05, 0.1) is 63.9 Å². The van der Waals surface area contributed by atoms with Crippen molar-refractivity contribution in [1.82, 2.24) is 5.32 Å². The van der Waals surface area contributed by atoms with E-state index >= 15 is 0 Å². The van der Waals surface area contributed by atoms with E-state index in [0.717, 1.165) is 0 Å². The highest BCUT2D eigenvalue weighted by Crippen LogP contribution is 2.31. The number of ether oxygens (including phenoxy) is 6. The van der Waals surface area contributed by atoms with Gasteiger partial charge in [0.15, 0.2) is 12.6 Å². The third kappa shape index (κ3) is 6.76. The lowest BCUT2D eigenvalue weighted by Gasteiger charge is -2.48. The molecule has 10 atom stereocenters. The summed E-state index contributed by atoms with van der Waals surface area (Å²) in [4.78, 5) is 0. The van der Waals surface area contributed by atoms with Gasteiger partial charge >= 0.3 is 0 Å². The number of nitrogens with two attached hydrogens (primary N) is 1. The summed E-state index contributed by atoms with van der Waals surface area (Å²) in [5.74, 6) is -0.271. The maximum Gasteiger partial charge on any atom is 0.176 e. The molecular weight excluding hydrogens is 416 g/mol. The number of nitrogens with one attached hydrogen (secondary N) is 1. The van der Waals surface area contributed by atoms with Crippen LogP contribution >= 0.6 is 0 Å². The lowest BCUT2D eigenvalue weighted by Crippen LogP contribution is -2.67. The topological polar surface area (TPSA) is 174 Å². The lowest BCUT2D eigenvalue weighted by atomic mass is 9.89. The summed E-state index contributed by atoms with van der Waals surface area (Å²) in [7, 11) is 3.09. The Labute approximate surface area is 182 Å². The Morgan fingerprint density at radius 2 is 1.52 bits per heavy atom. The molecule has 2 fully saturated rings. The van der Waals surface area contributed by atoms with Crippen LogP contribution in [0.25, 0.3) is 0 Å². The van der Waals surface area contributed by atoms with Crippen LogP contribution < -0.4 is 11.1 Å². The number of aliphatic hydroxyl groups is 4. The van der Waals surface area contributed by atoms with Gasteiger partial charge in [0.1, 0.15) is 18.3 Å². The predicted octanol–water partition coefficient (Wildman–Crippen LogP) is -3.24. The van der Waals surface area contributed by atoms with E-state index in [-0.39, 0.29) is 45.6 Å². The van der Waals surface area contributed by atoms with Gasteiger partial charge in [0.2, 0.25) is 0 Å². The molecule has 0 spiro atoms. The van der Waals surface area contributed by atoms with Crippen molar-refractivity contribution in [3.05, 3.63) is 0 Å². The van der Waals surface area contributed by atoms with E-state index in [9.17, 15) is 10.2 Å². The van der Waals surface area contributed by atoms with Crippen molar-refractivity contribution in [1.29, 1.82) is 0 Å². The maximum absolute atomic E-state index is 10.8. The minimum absolute atomic E-state index is 0.0216. The van der Waals surface area contributed by atoms with Gasteiger partial charge in [-0.3, -0.25) is 0 Å². The highest BCUT2D eigenvalue weighted by atomic mass is 16.7. The van der Waals surface area contributed by atoms with Crippen LogP contribution in [-0.2, 0) is 28.4 Å². The van der Waals surface area contributed by atoms with E-state index < -0.39 is 55.2 Å². The van der Waals surface area contributed by atoms with Crippen LogP contribution in [0.4, 0.5) is 0 Å². The van der Waals surface area contributed by atoms with Gasteiger partial charge in [-0.1, -0.05) is 6.92 Å². The highest BCUT2D eigenvalue weighted by molar-refractivity contribution is 4.96. The molecule has 12 nitrogen and oxygen atoms in total. The van der Waals surface area contributed by atoms with Gasteiger partial charge in [-0.15, -0.1) is 0 Å². The molecule has 2 saturated heterocycles. The first-order valence-electron chi connectivity index (χ1n) is 10.5. The molecule has 0 aromatic rings. The third-order valence-corrected chi connectivity index (χ3v) is 5.71. The minimum Gasteiger partial charge on any atom is -0.394 e. The number of likely N-dealkylation sites (N-methyl/N-ethyl adjacent to an activating group) is 1. The molecular formula is C19H38N2O10. The first-order valence-corrected chi connectivity index (χ1v) is 10.5. The fourth-order valence-corrected chi connectivity index (χ4v) is 3.84. The van der Waals surface area contributed by atoms with Crippen molar-refractivity contribution in [3.8, 4) is 0 Å². The Morgan fingerprint density at radius 3 is 2.06 bits per heavy atom. The zero-order chi connectivity index (χ0) is 23.0. The summed E-state index contributed by atoms with van der Waals surface area (Å²) in [5, 5.41) is 42.5. The van der Waals surface area contributed by atoms with Crippen molar-refractivity contribution >= 4 is 0 Å². The molecule has 184 valence electrons. The smallest absolute Gasteiger partial charge is 0.176 e. The van der Waals surface area contributed by atoms with Crippen molar-refractivity contribution in [3.63, 3.8) is 0 Å². The molecule has 0 saturated carbocycles. The summed E-state index contributed by atoms with van der Waals surface area (Å²) in [6, 6.07) is -1.47. The highest BCUT2D eigenvalue weighted by Gasteiger charge is 2.49. The maximum atomic E-state index is 10.8. The quantitative estimate of drug-likeness (QED) is 0.163. The second-order valence-corrected chi connectivity index (χ2v) is 7.75. The van der Waals surface area contributed by atoms with Gasteiger partial charge in [-0.25, -0.2) is 0 Å². The zero-order valence-corrected chi connectivity index (χ0v) is 18.3. The van der Waals surface area contributed by atoms with Crippen molar-refractivity contribution in [2.24, 2.45) is 11.7 Å². The summed E-state index contributed by atoms with van der Waals surface area (Å²) in [6.45, 7) is 1.97. The molecule has 2 aliphatic heterocycles. The SMILES string of the molecule is CNC1C(OC2C(COCCO)OC(OC)C(N)C2O)OC(COCCO)C(C)C1O. The molecule has 0 aliphatic carbocycles. The van der Waals surface area contributed by atoms with E-state index in [0.29, 0.717) is 0 Å². The molecule has 10 unspecified atom stereocenters. The van der Waals surface area contributed by atoms with E-state index in [1.54, 1.807) is 7.05 Å². The van der Waals surface area contributed by atoms with E-state index in [1.807, 2.05) is 6.92 Å². The summed E-state index contributed by atoms with van der Waals surface area (Å²) < 4.78 is 34.0. The van der Waals surface area contributed by atoms with Crippen LogP contribution in [0.1, 0.15) is 6.92 Å². The zero-order valence-electron chi connectivity index (χ0n) is 18.3. The first kappa shape index (κ1) is 26.8. The Balaban J connectivity index is 2.15. The van der Waals surface area contributed by atoms with Gasteiger partial charge < -0.3 is 59.9 Å². The summed E-state index contributed by atoms with van der Waals surface area (Å²) in [5.41, 5.74) is 6.06. The van der Waals surface area contributed by atoms with E-state index in [4.69, 9.17) is 44.4 Å². The molecule has 12 heteroatoms. The average molecular weight is 455 g/mol. The summed E-state index contributed by atoms with van der Waals surface area (Å²) in [6.07, 6.45) is -6.00. The minimum atomic E-state index is -1.16. The van der Waals surface area contributed by atoms with Crippen LogP contribution in [0, 0.1) is 5.92 Å². The van der Waals surface area contributed by atoms with E-state index in [2.05, 4.69) is 5.32 Å². The lowest BCUT2D eigenvalue weighted by molar-refractivity contribution is -0.325. The van der Waals surface area contributed by atoms with Gasteiger partial charge in [-0.05, 0) is 7.05 Å². The molecule has 2 aliphatic rings. The number of hydrogen-bond acceptors (Lipinski definition) is 12. The van der Waals surface area contributed by atoms with Crippen molar-refractivity contribution < 1.29 is 48.8 Å². The van der Waals surface area contributed by atoms with Crippen molar-refractivity contribution in [2.75, 3.05) is 53.8 Å². The Morgan fingerprint density at radius 1 is 0.935 bits per heavy atom. The van der Waals surface area contributed by atoms with Gasteiger partial charge in [0.25, 0.3) is 0 Å². The van der Waals surface area contributed by atoms with Crippen LogP contribution in [0.15, 0.2) is 0 Å². The number of aliphatic hydroxyl groups excluding tert-OH is 4. The third-order valence-electron chi connectivity index (χ3n) is 5.71. The molecule has 31 heavy (non-hydrogen) atoms. The van der Waals surface area contributed by atoms with Gasteiger partial charge in [0, 0.05) is 13.0 Å². The van der Waals surface area contributed by atoms with Crippen LogP contribution in [-0.4, -0.2) is 129 Å². The molecule has 0 bridgehead atoms. The van der Waals surface area contributed by atoms with E-state index in [1.165, 1.54) is 7.11 Å². The Bertz CT molecular complexity index is 504. The van der Waals surface area contributed by atoms with Crippen LogP contribution in [0.5, 0.6) is 0 Å². The Hall–Kier alpha value is -0.480. The standard InChI is InChI=1S/C19H38N2O10/c1-10-11(8-27-6-4-22)29-19(14(21-2)15(10)24)31-17-12(9-28-7-5-23)30-18(26-3)13(20)16(17)25/h10-19,21-25H,4-9,20H2,1-3H3. The molecule has 0 radical (unpaired) electrons. The van der Waals surface area contributed by atoms with Crippen molar-refractivity contribution in [2.45, 2.75) is 62.1 Å². The monoisotopic (exact) mass is 454 g/mol. The summed E-state index contributed by atoms with van der Waals surface area (Å²) >= 11 is 0. The molecule has 7 N–H and O–H groups in total. The molecule has 2 rings (SSSR count). The first-order chi connectivity index (χ1) is 14.9. The average Bonchev–Trinajstić information content (AvgIpc) is 2.76. The normalized spacial score (nSPS) is 41.4. The largest absolute Gasteiger partial charge is 0.394 e. The second-order valence-electron chi connectivity index (χ2n) is 7.75. The fourth-order valence-electron chi connectivity index (χ4n) is 3.84. The number of methoxy groups -OCH3 is 1. The Kier molecular flexibility index (Phi) is 11.5. The number of rotatable bonds is 12. The van der Waals surface area contributed by atoms with Gasteiger partial charge in [-0.2, -0.15) is 0 Å². The second kappa shape index (κ2) is 13.3. The molecule has 0 aromatic carbocycles. The fraction of sp³-hybridized carbons (Fsp3) is 1.00. The van der Waals surface area contributed by atoms with Crippen LogP contribution in [0.2, 0.25) is 0 Å². The van der Waals surface area contributed by atoms with Crippen LogP contribution in [0.3, 0.4) is 0 Å². The predicted molar refractivity (Wildman–Crippen MR) is 107 cm³/mol. The molecule has 2 heterocycles. The molecule has 0 amide bonds. The molecule has 0 aromatic heterocycles.